The van der Waals surface area contributed by atoms with Gasteiger partial charge < -0.3 is 28.4 Å². The highest BCUT2D eigenvalue weighted by Gasteiger charge is 2.16. The number of aldehydes is 3. The molecule has 0 radical (unpaired) electrons. The molecule has 0 fully saturated rings. The maximum absolute atomic E-state index is 12.7. The molecule has 0 unspecified atom stereocenters. The van der Waals surface area contributed by atoms with Crippen molar-refractivity contribution in [2.75, 3.05) is 39.6 Å². The Bertz CT molecular complexity index is 2510. The second-order valence-electron chi connectivity index (χ2n) is 24.3. The van der Waals surface area contributed by atoms with Crippen molar-refractivity contribution < 1.29 is 42.8 Å². The summed E-state index contributed by atoms with van der Waals surface area (Å²) >= 11 is 0. The smallest absolute Gasteiger partial charge is 0.153 e. The molecule has 90 heavy (non-hydrogen) atoms. The van der Waals surface area contributed by atoms with Crippen LogP contribution in [0.3, 0.4) is 0 Å². The third-order valence-corrected chi connectivity index (χ3v) is 16.2. The van der Waals surface area contributed by atoms with E-state index in [9.17, 15) is 14.4 Å². The molecule has 492 valence electrons. The van der Waals surface area contributed by atoms with Gasteiger partial charge in [0.1, 0.15) is 34.5 Å². The number of benzene rings is 4. The predicted octanol–water partition coefficient (Wildman–Crippen LogP) is 21.8. The fraction of sp³-hybridized carbons (Fsp3) is 0.593. The Hall–Kier alpha value is -6.63. The van der Waals surface area contributed by atoms with Crippen LogP contribution in [0.2, 0.25) is 0 Å². The number of ether oxygens (including phenoxy) is 6. The van der Waals surface area contributed by atoms with Crippen molar-refractivity contribution >= 4 is 18.9 Å². The molecule has 0 aliphatic heterocycles. The molecule has 0 aliphatic carbocycles. The number of hydrogen-bond acceptors (Lipinski definition) is 9. The van der Waals surface area contributed by atoms with E-state index in [-0.39, 0.29) is 0 Å². The first kappa shape index (κ1) is 75.8. The average Bonchev–Trinajstić information content (AvgIpc) is 2.35. The summed E-state index contributed by atoms with van der Waals surface area (Å²) in [7, 11) is 0. The van der Waals surface area contributed by atoms with Crippen LogP contribution >= 0.6 is 0 Å². The van der Waals surface area contributed by atoms with Crippen LogP contribution in [0.15, 0.2) is 54.6 Å². The summed E-state index contributed by atoms with van der Waals surface area (Å²) in [6.07, 6.45) is 42.8. The van der Waals surface area contributed by atoms with Crippen molar-refractivity contribution in [3.05, 3.63) is 105 Å². The van der Waals surface area contributed by atoms with Gasteiger partial charge in [0, 0.05) is 34.9 Å². The van der Waals surface area contributed by atoms with Crippen LogP contribution in [-0.4, -0.2) is 58.5 Å². The molecule has 0 bridgehead atoms. The Labute approximate surface area is 546 Å². The molecular formula is C81H114O9. The zero-order chi connectivity index (χ0) is 64.3. The van der Waals surface area contributed by atoms with E-state index in [0.29, 0.717) is 124 Å². The number of unbranched alkanes of at least 4 members (excludes halogenated alkanes) is 30. The first-order valence-corrected chi connectivity index (χ1v) is 35.7. The maximum atomic E-state index is 12.7. The lowest BCUT2D eigenvalue weighted by molar-refractivity contribution is 0.111. The van der Waals surface area contributed by atoms with Gasteiger partial charge in [0.25, 0.3) is 0 Å². The summed E-state index contributed by atoms with van der Waals surface area (Å²) < 4.78 is 38.4. The normalized spacial score (nSPS) is 10.7. The monoisotopic (exact) mass is 1230 g/mol. The van der Waals surface area contributed by atoms with Gasteiger partial charge in [-0.2, -0.15) is 0 Å². The highest BCUT2D eigenvalue weighted by atomic mass is 16.5. The van der Waals surface area contributed by atoms with Gasteiger partial charge in [0.2, 0.25) is 0 Å². The summed E-state index contributed by atoms with van der Waals surface area (Å²) in [5.74, 6) is 23.7. The second-order valence-corrected chi connectivity index (χ2v) is 24.3. The van der Waals surface area contributed by atoms with Gasteiger partial charge in [-0.15, -0.1) is 0 Å². The van der Waals surface area contributed by atoms with Gasteiger partial charge in [-0.05, 0) is 74.9 Å². The van der Waals surface area contributed by atoms with Crippen LogP contribution in [0.4, 0.5) is 0 Å². The number of hydrogen-bond donors (Lipinski definition) is 0. The molecule has 0 saturated heterocycles. The molecule has 0 aliphatic rings. The van der Waals surface area contributed by atoms with E-state index in [0.717, 1.165) is 134 Å². The van der Waals surface area contributed by atoms with E-state index in [2.05, 4.69) is 77.1 Å². The molecule has 4 aromatic rings. The van der Waals surface area contributed by atoms with Crippen molar-refractivity contribution in [3.8, 4) is 70.0 Å². The molecule has 0 atom stereocenters. The maximum Gasteiger partial charge on any atom is 0.153 e. The molecule has 0 saturated carbocycles. The van der Waals surface area contributed by atoms with E-state index >= 15 is 0 Å². The lowest BCUT2D eigenvalue weighted by Gasteiger charge is -2.14. The lowest BCUT2D eigenvalue weighted by atomic mass is 10.0. The fourth-order valence-electron chi connectivity index (χ4n) is 10.7. The van der Waals surface area contributed by atoms with E-state index in [1.165, 1.54) is 116 Å². The number of carbonyl (C=O) groups is 3. The second kappa shape index (κ2) is 50.1. The van der Waals surface area contributed by atoms with Crippen LogP contribution in [0.1, 0.15) is 337 Å². The van der Waals surface area contributed by atoms with E-state index in [1.807, 2.05) is 36.4 Å². The van der Waals surface area contributed by atoms with Gasteiger partial charge in [-0.1, -0.05) is 270 Å². The molecule has 0 N–H and O–H groups in total. The standard InChI is InChI=1S/C81H114O9/c1-7-13-19-25-31-37-49-85-76-61-73(64-82)79(88-52-40-34-28-22-16-10-4)58-70(76)46-43-67-55-68(44-47-71-59-80(89-53-41-35-29-23-17-11-5)74(65-83)62-77(71)86-50-38-32-26-20-14-8-2)57-69(56-67)45-48-72-60-81(90-54-42-36-30-24-18-12-6)75(66-84)63-78(72)87-51-39-33-27-21-15-9-3/h55-66H,7-42,49-54H2,1-6H3. The molecule has 9 nitrogen and oxygen atoms in total. The molecule has 0 aromatic heterocycles. The minimum Gasteiger partial charge on any atom is -0.493 e. The SMILES string of the molecule is CCCCCCCCOc1cc(C=O)c(OCCCCCCCC)cc1C#Cc1cc(C#Cc2cc(OCCCCCCCC)c(C=O)cc2OCCCCCCCC)cc(C#Cc2cc(OCCCCCCCC)c(C=O)cc2OCCCCCCCC)c1. The fourth-order valence-corrected chi connectivity index (χ4v) is 10.7. The zero-order valence-corrected chi connectivity index (χ0v) is 56.8. The van der Waals surface area contributed by atoms with Gasteiger partial charge >= 0.3 is 0 Å². The summed E-state index contributed by atoms with van der Waals surface area (Å²) in [5.41, 5.74) is 5.08. The van der Waals surface area contributed by atoms with Gasteiger partial charge in [-0.25, -0.2) is 0 Å². The highest BCUT2D eigenvalue weighted by Crippen LogP contribution is 2.32. The van der Waals surface area contributed by atoms with Crippen LogP contribution in [-0.2, 0) is 0 Å². The quantitative estimate of drug-likeness (QED) is 0.0243. The summed E-state index contributed by atoms with van der Waals surface area (Å²) in [4.78, 5) is 38.0. The predicted molar refractivity (Wildman–Crippen MR) is 373 cm³/mol. The van der Waals surface area contributed by atoms with Crippen molar-refractivity contribution in [2.24, 2.45) is 0 Å². The number of carbonyl (C=O) groups excluding carboxylic acids is 3. The molecule has 0 amide bonds. The van der Waals surface area contributed by atoms with Gasteiger partial charge in [-0.3, -0.25) is 14.4 Å². The minimum atomic E-state index is 0.430. The molecule has 9 heteroatoms. The van der Waals surface area contributed by atoms with Gasteiger partial charge in [0.05, 0.1) is 73.0 Å². The molecule has 0 heterocycles. The molecule has 4 rings (SSSR count). The van der Waals surface area contributed by atoms with Crippen LogP contribution in [0.25, 0.3) is 0 Å². The van der Waals surface area contributed by atoms with Crippen molar-refractivity contribution in [1.29, 1.82) is 0 Å². The van der Waals surface area contributed by atoms with E-state index in [1.54, 1.807) is 18.2 Å². The third kappa shape index (κ3) is 31.9. The topological polar surface area (TPSA) is 107 Å². The Balaban J connectivity index is 1.90. The van der Waals surface area contributed by atoms with Crippen molar-refractivity contribution in [1.82, 2.24) is 0 Å². The summed E-state index contributed by atoms with van der Waals surface area (Å²) in [6.45, 7) is 16.3. The summed E-state index contributed by atoms with van der Waals surface area (Å²) in [6, 6.07) is 16.7. The Kier molecular flexibility index (Phi) is 42.2. The Morgan fingerprint density at radius 1 is 0.233 bits per heavy atom. The first-order chi connectivity index (χ1) is 44.3. The van der Waals surface area contributed by atoms with Crippen LogP contribution in [0, 0.1) is 35.5 Å². The average molecular weight is 1230 g/mol. The van der Waals surface area contributed by atoms with Crippen molar-refractivity contribution in [2.45, 2.75) is 273 Å². The van der Waals surface area contributed by atoms with Gasteiger partial charge in [0.15, 0.2) is 18.9 Å². The summed E-state index contributed by atoms with van der Waals surface area (Å²) in [5, 5.41) is 0. The molecule has 4 aromatic carbocycles. The molecular weight excluding hydrogens is 1120 g/mol. The van der Waals surface area contributed by atoms with Crippen LogP contribution in [0.5, 0.6) is 34.5 Å². The Morgan fingerprint density at radius 3 is 0.622 bits per heavy atom. The van der Waals surface area contributed by atoms with Crippen molar-refractivity contribution in [3.63, 3.8) is 0 Å². The number of rotatable bonds is 51. The zero-order valence-electron chi connectivity index (χ0n) is 56.8. The third-order valence-electron chi connectivity index (χ3n) is 16.2. The largest absolute Gasteiger partial charge is 0.493 e. The van der Waals surface area contributed by atoms with E-state index in [4.69, 9.17) is 28.4 Å². The lowest BCUT2D eigenvalue weighted by Crippen LogP contribution is -2.04. The Morgan fingerprint density at radius 2 is 0.422 bits per heavy atom. The highest BCUT2D eigenvalue weighted by molar-refractivity contribution is 5.83. The van der Waals surface area contributed by atoms with E-state index < -0.39 is 0 Å². The minimum absolute atomic E-state index is 0.430. The van der Waals surface area contributed by atoms with Crippen LogP contribution < -0.4 is 28.4 Å². The molecule has 0 spiro atoms. The first-order valence-electron chi connectivity index (χ1n) is 35.7.